The van der Waals surface area contributed by atoms with Crippen LogP contribution >= 0.6 is 0 Å². The number of ketones is 2. The fourth-order valence-electron chi connectivity index (χ4n) is 2.90. The van der Waals surface area contributed by atoms with Crippen LogP contribution in [-0.4, -0.2) is 49.3 Å². The number of Topliss-reactive ketones (excluding diaryl/α,β-unsaturated/α-hetero) is 2. The van der Waals surface area contributed by atoms with Gasteiger partial charge in [0.05, 0.1) is 19.8 Å². The molecular weight excluding hydrogens is 278 g/mol. The minimum atomic E-state index is -1.03. The Kier molecular flexibility index (Phi) is 4.10. The van der Waals surface area contributed by atoms with Crippen LogP contribution in [0.3, 0.4) is 0 Å². The van der Waals surface area contributed by atoms with Gasteiger partial charge >= 0.3 is 0 Å². The molecule has 0 unspecified atom stereocenters. The molecule has 1 aromatic carbocycles. The number of ether oxygens (including phenoxy) is 1. The number of hydrogen-bond donors (Lipinski definition) is 0. The second kappa shape index (κ2) is 6.04. The molecule has 0 spiro atoms. The lowest BCUT2D eigenvalue weighted by Crippen LogP contribution is -2.36. The number of morpholine rings is 1. The van der Waals surface area contributed by atoms with E-state index in [1.54, 1.807) is 31.2 Å². The van der Waals surface area contributed by atoms with Crippen molar-refractivity contribution in [3.05, 3.63) is 35.4 Å². The number of nitrogens with zero attached hydrogens (tertiary/aromatic N) is 1. The number of hydrogen-bond acceptors (Lipinski definition) is 4. The summed E-state index contributed by atoms with van der Waals surface area (Å²) in [6.45, 7) is 5.62. The van der Waals surface area contributed by atoms with Crippen LogP contribution in [0.5, 0.6) is 0 Å². The summed E-state index contributed by atoms with van der Waals surface area (Å²) in [5.41, 5.74) is 0.0387. The van der Waals surface area contributed by atoms with E-state index < -0.39 is 5.41 Å². The van der Waals surface area contributed by atoms with E-state index in [2.05, 4.69) is 16.7 Å². The molecule has 0 radical (unpaired) electrons. The first kappa shape index (κ1) is 15.0. The van der Waals surface area contributed by atoms with Gasteiger partial charge in [0, 0.05) is 30.6 Å². The summed E-state index contributed by atoms with van der Waals surface area (Å²) < 4.78 is 5.29. The van der Waals surface area contributed by atoms with Gasteiger partial charge in [-0.3, -0.25) is 14.5 Å². The maximum absolute atomic E-state index is 12.5. The van der Waals surface area contributed by atoms with E-state index in [0.717, 1.165) is 26.3 Å². The molecule has 0 N–H and O–H groups in total. The standard InChI is InChI=1S/C18H19NO3/c1-18(8-4-5-9-19-10-12-22-13-11-19)16(20)14-6-2-3-7-15(14)17(18)21/h2-3,6-7H,8-13H2,1H3. The average Bonchev–Trinajstić information content (AvgIpc) is 2.75. The zero-order valence-corrected chi connectivity index (χ0v) is 12.7. The normalized spacial score (nSPS) is 20.4. The third kappa shape index (κ3) is 2.58. The predicted octanol–water partition coefficient (Wildman–Crippen LogP) is 1.80. The number of fused-ring (bicyclic) bond motifs is 1. The van der Waals surface area contributed by atoms with E-state index in [4.69, 9.17) is 4.74 Å². The fourth-order valence-corrected chi connectivity index (χ4v) is 2.90. The van der Waals surface area contributed by atoms with Gasteiger partial charge in [0.1, 0.15) is 5.41 Å². The molecule has 3 rings (SSSR count). The highest BCUT2D eigenvalue weighted by molar-refractivity contribution is 6.29. The molecule has 1 aromatic rings. The first-order valence-electron chi connectivity index (χ1n) is 7.57. The Morgan fingerprint density at radius 3 is 2.27 bits per heavy atom. The summed E-state index contributed by atoms with van der Waals surface area (Å²) in [5.74, 6) is 5.92. The van der Waals surface area contributed by atoms with Gasteiger partial charge in [0.15, 0.2) is 11.6 Å². The molecule has 1 aliphatic carbocycles. The van der Waals surface area contributed by atoms with Crippen LogP contribution in [0, 0.1) is 17.3 Å². The van der Waals surface area contributed by atoms with Crippen LogP contribution < -0.4 is 0 Å². The highest BCUT2D eigenvalue weighted by atomic mass is 16.5. The summed E-state index contributed by atoms with van der Waals surface area (Å²) >= 11 is 0. The summed E-state index contributed by atoms with van der Waals surface area (Å²) in [6, 6.07) is 7.03. The Balaban J connectivity index is 1.68. The van der Waals surface area contributed by atoms with E-state index in [9.17, 15) is 9.59 Å². The molecule has 0 aromatic heterocycles. The van der Waals surface area contributed by atoms with Gasteiger partial charge in [-0.2, -0.15) is 0 Å². The summed E-state index contributed by atoms with van der Waals surface area (Å²) in [6.07, 6.45) is 0.281. The van der Waals surface area contributed by atoms with Gasteiger partial charge in [0.25, 0.3) is 0 Å². The van der Waals surface area contributed by atoms with Crippen molar-refractivity contribution in [1.82, 2.24) is 4.90 Å². The van der Waals surface area contributed by atoms with E-state index >= 15 is 0 Å². The molecular formula is C18H19NO3. The van der Waals surface area contributed by atoms with Crippen molar-refractivity contribution in [1.29, 1.82) is 0 Å². The molecule has 0 saturated carbocycles. The Labute approximate surface area is 130 Å². The maximum Gasteiger partial charge on any atom is 0.178 e. The van der Waals surface area contributed by atoms with Crippen molar-refractivity contribution in [2.24, 2.45) is 5.41 Å². The van der Waals surface area contributed by atoms with E-state index in [-0.39, 0.29) is 18.0 Å². The predicted molar refractivity (Wildman–Crippen MR) is 82.9 cm³/mol. The number of carbonyl (C=O) groups excluding carboxylic acids is 2. The monoisotopic (exact) mass is 297 g/mol. The summed E-state index contributed by atoms with van der Waals surface area (Å²) in [4.78, 5) is 27.2. The second-order valence-electron chi connectivity index (χ2n) is 5.95. The van der Waals surface area contributed by atoms with Crippen LogP contribution in [0.2, 0.25) is 0 Å². The highest BCUT2D eigenvalue weighted by Crippen LogP contribution is 2.38. The zero-order valence-electron chi connectivity index (χ0n) is 12.7. The minimum absolute atomic E-state index is 0.103. The first-order valence-corrected chi connectivity index (χ1v) is 7.57. The highest BCUT2D eigenvalue weighted by Gasteiger charge is 2.48. The Hall–Kier alpha value is -1.96. The van der Waals surface area contributed by atoms with Crippen LogP contribution in [0.1, 0.15) is 34.1 Å². The maximum atomic E-state index is 12.5. The molecule has 2 aliphatic rings. The molecule has 4 heteroatoms. The number of rotatable bonds is 2. The van der Waals surface area contributed by atoms with E-state index in [1.165, 1.54) is 0 Å². The molecule has 1 aliphatic heterocycles. The fraction of sp³-hybridized carbons (Fsp3) is 0.444. The molecule has 0 amide bonds. The molecule has 1 saturated heterocycles. The van der Waals surface area contributed by atoms with Crippen LogP contribution in [0.4, 0.5) is 0 Å². The molecule has 4 nitrogen and oxygen atoms in total. The molecule has 0 atom stereocenters. The van der Waals surface area contributed by atoms with Gasteiger partial charge in [-0.25, -0.2) is 0 Å². The van der Waals surface area contributed by atoms with Crippen molar-refractivity contribution in [3.8, 4) is 11.8 Å². The van der Waals surface area contributed by atoms with Crippen LogP contribution in [0.25, 0.3) is 0 Å². The lowest BCUT2D eigenvalue weighted by molar-refractivity contribution is 0.0443. The van der Waals surface area contributed by atoms with E-state index in [1.807, 2.05) is 0 Å². The van der Waals surface area contributed by atoms with Gasteiger partial charge in [0.2, 0.25) is 0 Å². The van der Waals surface area contributed by atoms with Crippen molar-refractivity contribution >= 4 is 11.6 Å². The molecule has 1 heterocycles. The number of carbonyl (C=O) groups is 2. The molecule has 1 fully saturated rings. The average molecular weight is 297 g/mol. The SMILES string of the molecule is CC1(CC#CCN2CCOCC2)C(=O)c2ccccc2C1=O. The lowest BCUT2D eigenvalue weighted by atomic mass is 9.82. The quantitative estimate of drug-likeness (QED) is 0.617. The zero-order chi connectivity index (χ0) is 15.6. The van der Waals surface area contributed by atoms with Gasteiger partial charge in [-0.05, 0) is 6.92 Å². The van der Waals surface area contributed by atoms with Gasteiger partial charge in [-0.15, -0.1) is 5.92 Å². The Morgan fingerprint density at radius 2 is 1.68 bits per heavy atom. The summed E-state index contributed by atoms with van der Waals surface area (Å²) in [7, 11) is 0. The Bertz CT molecular complexity index is 627. The van der Waals surface area contributed by atoms with Crippen molar-refractivity contribution in [2.45, 2.75) is 13.3 Å². The van der Waals surface area contributed by atoms with Crippen molar-refractivity contribution < 1.29 is 14.3 Å². The van der Waals surface area contributed by atoms with E-state index in [0.29, 0.717) is 17.7 Å². The van der Waals surface area contributed by atoms with Crippen molar-refractivity contribution in [2.75, 3.05) is 32.8 Å². The summed E-state index contributed by atoms with van der Waals surface area (Å²) in [5, 5.41) is 0. The molecule has 0 bridgehead atoms. The van der Waals surface area contributed by atoms with Crippen molar-refractivity contribution in [3.63, 3.8) is 0 Å². The largest absolute Gasteiger partial charge is 0.379 e. The van der Waals surface area contributed by atoms with Crippen LogP contribution in [0.15, 0.2) is 24.3 Å². The van der Waals surface area contributed by atoms with Gasteiger partial charge < -0.3 is 4.74 Å². The lowest BCUT2D eigenvalue weighted by Gasteiger charge is -2.24. The molecule has 114 valence electrons. The third-order valence-corrected chi connectivity index (χ3v) is 4.39. The molecule has 22 heavy (non-hydrogen) atoms. The third-order valence-electron chi connectivity index (χ3n) is 4.39. The van der Waals surface area contributed by atoms with Gasteiger partial charge in [-0.1, -0.05) is 30.2 Å². The van der Waals surface area contributed by atoms with Crippen LogP contribution in [-0.2, 0) is 4.74 Å². The first-order chi connectivity index (χ1) is 10.6. The smallest absolute Gasteiger partial charge is 0.178 e. The Morgan fingerprint density at radius 1 is 1.09 bits per heavy atom. The topological polar surface area (TPSA) is 46.6 Å². The minimum Gasteiger partial charge on any atom is -0.379 e. The number of benzene rings is 1. The second-order valence-corrected chi connectivity index (χ2v) is 5.95.